The van der Waals surface area contributed by atoms with Gasteiger partial charge in [0.25, 0.3) is 0 Å². The normalized spacial score (nSPS) is 11.4. The van der Waals surface area contributed by atoms with Crippen molar-refractivity contribution in [2.24, 2.45) is 0 Å². The van der Waals surface area contributed by atoms with E-state index < -0.39 is 16.0 Å². The highest BCUT2D eigenvalue weighted by Crippen LogP contribution is 1.94. The molecule has 0 amide bonds. The molecule has 10 heteroatoms. The van der Waals surface area contributed by atoms with Gasteiger partial charge in [-0.15, -0.1) is 10.2 Å². The number of nitrogens with one attached hydrogen (secondary N) is 2. The summed E-state index contributed by atoms with van der Waals surface area (Å²) in [7, 11) is -3.54. The summed E-state index contributed by atoms with van der Waals surface area (Å²) in [5.74, 6) is -0.647. The zero-order chi connectivity index (χ0) is 12.7. The van der Waals surface area contributed by atoms with E-state index in [9.17, 15) is 13.2 Å². The molecule has 0 atom stereocenters. The van der Waals surface area contributed by atoms with Gasteiger partial charge in [-0.3, -0.25) is 4.79 Å². The molecule has 0 aliphatic rings. The van der Waals surface area contributed by atoms with E-state index in [1.807, 2.05) is 0 Å². The van der Waals surface area contributed by atoms with Crippen LogP contribution in [0.15, 0.2) is 0 Å². The van der Waals surface area contributed by atoms with Gasteiger partial charge in [0.05, 0.1) is 25.3 Å². The van der Waals surface area contributed by atoms with Crippen LogP contribution in [0, 0.1) is 0 Å². The maximum Gasteiger partial charge on any atom is 0.306 e. The first-order chi connectivity index (χ1) is 8.03. The van der Waals surface area contributed by atoms with Gasteiger partial charge in [-0.25, -0.2) is 13.1 Å². The summed E-state index contributed by atoms with van der Waals surface area (Å²) in [4.78, 5) is 11.0. The van der Waals surface area contributed by atoms with Crippen molar-refractivity contribution < 1.29 is 17.9 Å². The molecule has 0 aromatic carbocycles. The van der Waals surface area contributed by atoms with E-state index in [0.717, 1.165) is 0 Å². The number of esters is 1. The highest BCUT2D eigenvalue weighted by atomic mass is 32.2. The number of H-pyrrole nitrogens is 1. The number of ether oxygens (including phenoxy) is 1. The van der Waals surface area contributed by atoms with Gasteiger partial charge in [-0.2, -0.15) is 5.21 Å². The summed E-state index contributed by atoms with van der Waals surface area (Å²) < 4.78 is 29.7. The number of tetrazole rings is 1. The van der Waals surface area contributed by atoms with Gasteiger partial charge in [-0.1, -0.05) is 5.21 Å². The minimum absolute atomic E-state index is 0.0678. The summed E-state index contributed by atoms with van der Waals surface area (Å²) in [6, 6.07) is 0. The number of hydrogen-bond donors (Lipinski definition) is 2. The van der Waals surface area contributed by atoms with Crippen molar-refractivity contribution >= 4 is 16.0 Å². The lowest BCUT2D eigenvalue weighted by molar-refractivity contribution is -0.142. The zero-order valence-corrected chi connectivity index (χ0v) is 10.0. The molecule has 0 unspecified atom stereocenters. The van der Waals surface area contributed by atoms with Gasteiger partial charge in [-0.05, 0) is 6.92 Å². The minimum atomic E-state index is -3.54. The molecule has 0 fully saturated rings. The maximum atomic E-state index is 11.4. The van der Waals surface area contributed by atoms with Crippen LogP contribution < -0.4 is 4.72 Å². The van der Waals surface area contributed by atoms with Gasteiger partial charge in [0.2, 0.25) is 10.0 Å². The molecule has 0 saturated heterocycles. The van der Waals surface area contributed by atoms with Gasteiger partial charge >= 0.3 is 5.97 Å². The second-order valence-electron chi connectivity index (χ2n) is 3.02. The lowest BCUT2D eigenvalue weighted by Crippen LogP contribution is -2.27. The molecule has 1 aromatic heterocycles. The SMILES string of the molecule is CCOC(=O)CCS(=O)(=O)NCc1nn[nH]n1. The first-order valence-corrected chi connectivity index (χ1v) is 6.54. The van der Waals surface area contributed by atoms with Crippen molar-refractivity contribution in [3.63, 3.8) is 0 Å². The molecular weight excluding hydrogens is 250 g/mol. The molecule has 1 rings (SSSR count). The molecule has 0 radical (unpaired) electrons. The molecule has 2 N–H and O–H groups in total. The molecular formula is C7H13N5O4S. The Kier molecular flexibility index (Phi) is 4.97. The maximum absolute atomic E-state index is 11.4. The number of hydrogen-bond acceptors (Lipinski definition) is 7. The molecule has 0 bridgehead atoms. The predicted molar refractivity (Wildman–Crippen MR) is 56.1 cm³/mol. The Hall–Kier alpha value is -1.55. The third-order valence-corrected chi connectivity index (χ3v) is 3.05. The lowest BCUT2D eigenvalue weighted by atomic mass is 10.5. The van der Waals surface area contributed by atoms with E-state index in [-0.39, 0.29) is 31.1 Å². The number of aromatic amines is 1. The molecule has 0 aliphatic heterocycles. The van der Waals surface area contributed by atoms with E-state index in [2.05, 4.69) is 30.1 Å². The van der Waals surface area contributed by atoms with Crippen LogP contribution in [0.1, 0.15) is 19.2 Å². The summed E-state index contributed by atoms with van der Waals surface area (Å²) in [5.41, 5.74) is 0. The number of carbonyl (C=O) groups excluding carboxylic acids is 1. The Balaban J connectivity index is 2.33. The number of nitrogens with zero attached hydrogens (tertiary/aromatic N) is 3. The number of sulfonamides is 1. The van der Waals surface area contributed by atoms with Crippen LogP contribution in [0.3, 0.4) is 0 Å². The Labute approximate surface area is 98.0 Å². The average molecular weight is 263 g/mol. The van der Waals surface area contributed by atoms with E-state index >= 15 is 0 Å². The minimum Gasteiger partial charge on any atom is -0.466 e. The lowest BCUT2D eigenvalue weighted by Gasteiger charge is -2.04. The Bertz CT molecular complexity index is 443. The first-order valence-electron chi connectivity index (χ1n) is 4.89. The summed E-state index contributed by atoms with van der Waals surface area (Å²) in [6.07, 6.45) is -0.185. The van der Waals surface area contributed by atoms with E-state index in [4.69, 9.17) is 0 Å². The molecule has 9 nitrogen and oxygen atoms in total. The summed E-state index contributed by atoms with van der Waals surface area (Å²) in [6.45, 7) is 1.82. The van der Waals surface area contributed by atoms with Gasteiger partial charge in [0.1, 0.15) is 0 Å². The monoisotopic (exact) mass is 263 g/mol. The van der Waals surface area contributed by atoms with E-state index in [1.54, 1.807) is 6.92 Å². The van der Waals surface area contributed by atoms with Crippen molar-refractivity contribution in [3.8, 4) is 0 Å². The van der Waals surface area contributed by atoms with Crippen LogP contribution in [0.4, 0.5) is 0 Å². The molecule has 17 heavy (non-hydrogen) atoms. The molecule has 0 saturated carbocycles. The van der Waals surface area contributed by atoms with Crippen LogP contribution in [-0.4, -0.2) is 47.4 Å². The van der Waals surface area contributed by atoms with Crippen LogP contribution in [0.25, 0.3) is 0 Å². The first kappa shape index (κ1) is 13.5. The highest BCUT2D eigenvalue weighted by Gasteiger charge is 2.14. The zero-order valence-electron chi connectivity index (χ0n) is 9.21. The van der Waals surface area contributed by atoms with Crippen LogP contribution in [-0.2, 0) is 26.1 Å². The molecule has 1 heterocycles. The quantitative estimate of drug-likeness (QED) is 0.577. The molecule has 0 aliphatic carbocycles. The number of aromatic nitrogens is 4. The number of carbonyl (C=O) groups is 1. The largest absolute Gasteiger partial charge is 0.466 e. The average Bonchev–Trinajstić information content (AvgIpc) is 2.77. The summed E-state index contributed by atoms with van der Waals surface area (Å²) in [5, 5.41) is 12.6. The van der Waals surface area contributed by atoms with Crippen LogP contribution >= 0.6 is 0 Å². The second kappa shape index (κ2) is 6.25. The van der Waals surface area contributed by atoms with E-state index in [1.165, 1.54) is 0 Å². The standard InChI is InChI=1S/C7H13N5O4S/c1-2-16-7(13)3-4-17(14,15)8-5-6-9-11-12-10-6/h8H,2-5H2,1H3,(H,9,10,11,12). The Morgan fingerprint density at radius 2 is 2.29 bits per heavy atom. The van der Waals surface area contributed by atoms with Crippen molar-refractivity contribution in [2.75, 3.05) is 12.4 Å². The topological polar surface area (TPSA) is 127 Å². The smallest absolute Gasteiger partial charge is 0.306 e. The van der Waals surface area contributed by atoms with Crippen molar-refractivity contribution in [1.82, 2.24) is 25.3 Å². The third-order valence-electron chi connectivity index (χ3n) is 1.72. The summed E-state index contributed by atoms with van der Waals surface area (Å²) >= 11 is 0. The van der Waals surface area contributed by atoms with Gasteiger partial charge in [0.15, 0.2) is 5.82 Å². The van der Waals surface area contributed by atoms with Gasteiger partial charge < -0.3 is 4.74 Å². The molecule has 96 valence electrons. The van der Waals surface area contributed by atoms with Crippen molar-refractivity contribution in [2.45, 2.75) is 19.9 Å². The fourth-order valence-electron chi connectivity index (χ4n) is 0.955. The Morgan fingerprint density at radius 1 is 1.53 bits per heavy atom. The highest BCUT2D eigenvalue weighted by molar-refractivity contribution is 7.89. The Morgan fingerprint density at radius 3 is 2.88 bits per heavy atom. The fourth-order valence-corrected chi connectivity index (χ4v) is 1.88. The number of rotatable bonds is 7. The van der Waals surface area contributed by atoms with E-state index in [0.29, 0.717) is 0 Å². The third kappa shape index (κ3) is 5.36. The van der Waals surface area contributed by atoms with Crippen LogP contribution in [0.5, 0.6) is 0 Å². The predicted octanol–water partition coefficient (Wildman–Crippen LogP) is -1.43. The second-order valence-corrected chi connectivity index (χ2v) is 4.95. The molecule has 1 aromatic rings. The van der Waals surface area contributed by atoms with Gasteiger partial charge in [0, 0.05) is 0 Å². The fraction of sp³-hybridized carbons (Fsp3) is 0.714. The van der Waals surface area contributed by atoms with Crippen molar-refractivity contribution in [1.29, 1.82) is 0 Å². The molecule has 0 spiro atoms. The van der Waals surface area contributed by atoms with Crippen molar-refractivity contribution in [3.05, 3.63) is 5.82 Å². The van der Waals surface area contributed by atoms with Crippen LogP contribution in [0.2, 0.25) is 0 Å².